The minimum absolute atomic E-state index is 0.275. The van der Waals surface area contributed by atoms with Gasteiger partial charge in [0, 0.05) is 11.1 Å². The highest BCUT2D eigenvalue weighted by Gasteiger charge is 2.22. The number of halogens is 3. The Morgan fingerprint density at radius 2 is 1.81 bits per heavy atom. The standard InChI is InChI=1S/C19H14Cl2FN3S/c1-10-5-3-7-13(21)16(10)23-18-17(15-12(20)6-4-8-14(15)22)24-19-25(18)11(2)9-26-19/h3-9,23H,1-2H3. The molecule has 0 spiro atoms. The van der Waals surface area contributed by atoms with E-state index in [4.69, 9.17) is 23.2 Å². The van der Waals surface area contributed by atoms with E-state index in [1.54, 1.807) is 12.1 Å². The van der Waals surface area contributed by atoms with Crippen molar-refractivity contribution < 1.29 is 4.39 Å². The lowest BCUT2D eigenvalue weighted by atomic mass is 10.1. The van der Waals surface area contributed by atoms with E-state index in [1.165, 1.54) is 17.4 Å². The second kappa shape index (κ2) is 6.58. The van der Waals surface area contributed by atoms with Gasteiger partial charge in [0.1, 0.15) is 17.3 Å². The van der Waals surface area contributed by atoms with Crippen molar-refractivity contribution in [3.8, 4) is 11.3 Å². The molecule has 2 aromatic carbocycles. The zero-order valence-electron chi connectivity index (χ0n) is 14.0. The number of hydrogen-bond acceptors (Lipinski definition) is 3. The van der Waals surface area contributed by atoms with Crippen LogP contribution in [0.1, 0.15) is 11.3 Å². The fraction of sp³-hybridized carbons (Fsp3) is 0.105. The molecule has 0 saturated carbocycles. The van der Waals surface area contributed by atoms with Crippen LogP contribution < -0.4 is 5.32 Å². The molecule has 0 aliphatic heterocycles. The van der Waals surface area contributed by atoms with Gasteiger partial charge in [0.15, 0.2) is 4.96 Å². The summed E-state index contributed by atoms with van der Waals surface area (Å²) in [6.45, 7) is 3.94. The quantitative estimate of drug-likeness (QED) is 0.402. The van der Waals surface area contributed by atoms with E-state index in [9.17, 15) is 4.39 Å². The second-order valence-electron chi connectivity index (χ2n) is 5.96. The molecule has 4 rings (SSSR count). The van der Waals surface area contributed by atoms with Crippen molar-refractivity contribution in [3.63, 3.8) is 0 Å². The Morgan fingerprint density at radius 1 is 1.08 bits per heavy atom. The maximum atomic E-state index is 14.6. The number of rotatable bonds is 3. The fourth-order valence-corrected chi connectivity index (χ4v) is 4.31. The van der Waals surface area contributed by atoms with Crippen molar-refractivity contribution in [1.29, 1.82) is 0 Å². The van der Waals surface area contributed by atoms with Crippen LogP contribution in [0.2, 0.25) is 10.0 Å². The highest BCUT2D eigenvalue weighted by Crippen LogP contribution is 2.40. The number of imidazole rings is 1. The number of aryl methyl sites for hydroxylation is 2. The van der Waals surface area contributed by atoms with Crippen LogP contribution in [0.25, 0.3) is 16.2 Å². The molecule has 0 aliphatic carbocycles. The van der Waals surface area contributed by atoms with Gasteiger partial charge in [-0.3, -0.25) is 4.40 Å². The molecule has 132 valence electrons. The Hall–Kier alpha value is -2.08. The molecule has 1 N–H and O–H groups in total. The van der Waals surface area contributed by atoms with Gasteiger partial charge in [-0.25, -0.2) is 9.37 Å². The molecule has 0 unspecified atom stereocenters. The summed E-state index contributed by atoms with van der Waals surface area (Å²) < 4.78 is 16.5. The summed E-state index contributed by atoms with van der Waals surface area (Å²) in [6.07, 6.45) is 0. The molecule has 0 atom stereocenters. The smallest absolute Gasteiger partial charge is 0.196 e. The highest BCUT2D eigenvalue weighted by atomic mass is 35.5. The van der Waals surface area contributed by atoms with Gasteiger partial charge in [-0.1, -0.05) is 41.4 Å². The fourth-order valence-electron chi connectivity index (χ4n) is 2.92. The molecule has 7 heteroatoms. The Morgan fingerprint density at radius 3 is 2.54 bits per heavy atom. The first-order valence-corrected chi connectivity index (χ1v) is 9.54. The molecule has 0 bridgehead atoms. The topological polar surface area (TPSA) is 29.3 Å². The summed E-state index contributed by atoms with van der Waals surface area (Å²) in [4.78, 5) is 5.39. The van der Waals surface area contributed by atoms with Gasteiger partial charge in [0.05, 0.1) is 21.3 Å². The number of nitrogens with zero attached hydrogens (tertiary/aromatic N) is 2. The lowest BCUT2D eigenvalue weighted by Crippen LogP contribution is -2.01. The van der Waals surface area contributed by atoms with E-state index < -0.39 is 5.82 Å². The van der Waals surface area contributed by atoms with E-state index >= 15 is 0 Å². The van der Waals surface area contributed by atoms with E-state index in [2.05, 4.69) is 10.3 Å². The summed E-state index contributed by atoms with van der Waals surface area (Å²) in [5, 5.41) is 6.26. The van der Waals surface area contributed by atoms with Gasteiger partial charge in [0.2, 0.25) is 0 Å². The summed E-state index contributed by atoms with van der Waals surface area (Å²) in [5.74, 6) is 0.224. The third kappa shape index (κ3) is 2.76. The number of aromatic nitrogens is 2. The van der Waals surface area contributed by atoms with Crippen LogP contribution in [0.15, 0.2) is 41.8 Å². The Kier molecular flexibility index (Phi) is 4.39. The van der Waals surface area contributed by atoms with Crippen molar-refractivity contribution in [2.45, 2.75) is 13.8 Å². The normalized spacial score (nSPS) is 11.3. The van der Waals surface area contributed by atoms with Crippen LogP contribution in [0.5, 0.6) is 0 Å². The predicted molar refractivity (Wildman–Crippen MR) is 108 cm³/mol. The number of thiazole rings is 1. The molecule has 0 amide bonds. The molecule has 0 radical (unpaired) electrons. The van der Waals surface area contributed by atoms with E-state index in [0.29, 0.717) is 21.6 Å². The zero-order chi connectivity index (χ0) is 18.4. The van der Waals surface area contributed by atoms with Gasteiger partial charge in [-0.2, -0.15) is 0 Å². The first kappa shape index (κ1) is 17.3. The highest BCUT2D eigenvalue weighted by molar-refractivity contribution is 7.15. The first-order chi connectivity index (χ1) is 12.5. The first-order valence-electron chi connectivity index (χ1n) is 7.90. The molecule has 4 aromatic rings. The number of nitrogens with one attached hydrogen (secondary N) is 1. The average Bonchev–Trinajstić information content (AvgIpc) is 3.12. The summed E-state index contributed by atoms with van der Waals surface area (Å²) >= 11 is 14.2. The van der Waals surface area contributed by atoms with Crippen LogP contribution in [-0.4, -0.2) is 9.38 Å². The molecule has 2 aromatic heterocycles. The Bertz CT molecular complexity index is 1090. The molecule has 0 fully saturated rings. The molecule has 0 aliphatic rings. The number of para-hydroxylation sites is 1. The van der Waals surface area contributed by atoms with Gasteiger partial charge >= 0.3 is 0 Å². The average molecular weight is 406 g/mol. The van der Waals surface area contributed by atoms with Crippen molar-refractivity contribution in [3.05, 3.63) is 68.9 Å². The largest absolute Gasteiger partial charge is 0.338 e. The summed E-state index contributed by atoms with van der Waals surface area (Å²) in [5.41, 5.74) is 3.46. The SMILES string of the molecule is Cc1cccc(Cl)c1Nc1c(-c2c(F)cccc2Cl)nc2scc(C)n12. The third-order valence-corrected chi connectivity index (χ3v) is 5.77. The molecular formula is C19H14Cl2FN3S. The lowest BCUT2D eigenvalue weighted by molar-refractivity contribution is 0.631. The van der Waals surface area contributed by atoms with Crippen LogP contribution in [0, 0.1) is 19.7 Å². The van der Waals surface area contributed by atoms with Gasteiger partial charge in [-0.15, -0.1) is 11.3 Å². The predicted octanol–water partition coefficient (Wildman–Crippen LogP) is 6.87. The van der Waals surface area contributed by atoms with E-state index in [1.807, 2.05) is 41.8 Å². The van der Waals surface area contributed by atoms with Crippen molar-refractivity contribution >= 4 is 51.0 Å². The molecule has 2 heterocycles. The van der Waals surface area contributed by atoms with Crippen LogP contribution in [-0.2, 0) is 0 Å². The Balaban J connectivity index is 2.00. The molecule has 26 heavy (non-hydrogen) atoms. The molecule has 0 saturated heterocycles. The maximum Gasteiger partial charge on any atom is 0.196 e. The van der Waals surface area contributed by atoms with Crippen LogP contribution in [0.4, 0.5) is 15.9 Å². The molecule has 3 nitrogen and oxygen atoms in total. The van der Waals surface area contributed by atoms with Crippen LogP contribution in [0.3, 0.4) is 0 Å². The number of fused-ring (bicyclic) bond motifs is 1. The van der Waals surface area contributed by atoms with E-state index in [0.717, 1.165) is 21.9 Å². The third-order valence-electron chi connectivity index (χ3n) is 4.20. The maximum absolute atomic E-state index is 14.6. The second-order valence-corrected chi connectivity index (χ2v) is 7.61. The lowest BCUT2D eigenvalue weighted by Gasteiger charge is -2.14. The number of hydrogen-bond donors (Lipinski definition) is 1. The minimum Gasteiger partial charge on any atom is -0.338 e. The van der Waals surface area contributed by atoms with Crippen molar-refractivity contribution in [2.24, 2.45) is 0 Å². The van der Waals surface area contributed by atoms with Gasteiger partial charge in [0.25, 0.3) is 0 Å². The van der Waals surface area contributed by atoms with Gasteiger partial charge in [-0.05, 0) is 37.6 Å². The zero-order valence-corrected chi connectivity index (χ0v) is 16.3. The monoisotopic (exact) mass is 405 g/mol. The van der Waals surface area contributed by atoms with Crippen molar-refractivity contribution in [2.75, 3.05) is 5.32 Å². The Labute approximate surface area is 164 Å². The summed E-state index contributed by atoms with van der Waals surface area (Å²) in [6, 6.07) is 10.3. The molecular weight excluding hydrogens is 392 g/mol. The summed E-state index contributed by atoms with van der Waals surface area (Å²) in [7, 11) is 0. The number of benzene rings is 2. The van der Waals surface area contributed by atoms with E-state index in [-0.39, 0.29) is 5.56 Å². The number of anilines is 2. The van der Waals surface area contributed by atoms with Gasteiger partial charge < -0.3 is 5.32 Å². The van der Waals surface area contributed by atoms with Crippen molar-refractivity contribution in [1.82, 2.24) is 9.38 Å². The van der Waals surface area contributed by atoms with Crippen LogP contribution >= 0.6 is 34.5 Å². The minimum atomic E-state index is -0.417.